The van der Waals surface area contributed by atoms with E-state index in [-0.39, 0.29) is 32.8 Å². The number of aliphatic hydroxyl groups excluding tert-OH is 1. The number of amides is 2. The Morgan fingerprint density at radius 2 is 1.83 bits per heavy atom. The molecule has 0 saturated carbocycles. The van der Waals surface area contributed by atoms with Gasteiger partial charge in [0.25, 0.3) is 0 Å². The molecule has 194 valence electrons. The van der Waals surface area contributed by atoms with Crippen LogP contribution in [0.3, 0.4) is 0 Å². The summed E-state index contributed by atoms with van der Waals surface area (Å²) in [5.74, 6) is -2.14. The molecule has 2 atom stereocenters. The molecule has 3 rings (SSSR count). The molecule has 8 nitrogen and oxygen atoms in total. The van der Waals surface area contributed by atoms with Gasteiger partial charge in [0, 0.05) is 24.5 Å². The van der Waals surface area contributed by atoms with Crippen LogP contribution in [0.1, 0.15) is 25.3 Å². The zero-order valence-electron chi connectivity index (χ0n) is 19.4. The van der Waals surface area contributed by atoms with E-state index in [1.165, 1.54) is 9.80 Å². The largest absolute Gasteiger partial charge is 0.449 e. The number of likely N-dealkylation sites (tertiary alicyclic amines) is 1. The number of hydrogen-bond acceptors (Lipinski definition) is 6. The van der Waals surface area contributed by atoms with Crippen molar-refractivity contribution >= 4 is 27.7 Å². The number of aliphatic hydroxyl groups is 1. The van der Waals surface area contributed by atoms with Crippen molar-refractivity contribution in [3.8, 4) is 0 Å². The Bertz CT molecular complexity index is 961. The van der Waals surface area contributed by atoms with E-state index in [2.05, 4.69) is 6.58 Å². The zero-order chi connectivity index (χ0) is 25.8. The van der Waals surface area contributed by atoms with E-state index in [9.17, 15) is 27.0 Å². The van der Waals surface area contributed by atoms with Gasteiger partial charge in [-0.05, 0) is 37.5 Å². The minimum Gasteiger partial charge on any atom is -0.449 e. The van der Waals surface area contributed by atoms with E-state index in [1.54, 1.807) is 24.3 Å². The highest BCUT2D eigenvalue weighted by Crippen LogP contribution is 2.32. The molecule has 1 aromatic rings. The van der Waals surface area contributed by atoms with E-state index >= 15 is 0 Å². The van der Waals surface area contributed by atoms with Crippen LogP contribution in [0.2, 0.25) is 0 Å². The van der Waals surface area contributed by atoms with Crippen molar-refractivity contribution < 1.29 is 41.5 Å². The molecule has 35 heavy (non-hydrogen) atoms. The van der Waals surface area contributed by atoms with E-state index in [1.807, 2.05) is 6.92 Å². The quantitative estimate of drug-likeness (QED) is 0.642. The first kappa shape index (κ1) is 27.2. The van der Waals surface area contributed by atoms with Crippen LogP contribution >= 0.6 is 0 Å². The summed E-state index contributed by atoms with van der Waals surface area (Å²) >= 11 is 0. The summed E-state index contributed by atoms with van der Waals surface area (Å²) < 4.78 is 61.7. The van der Waals surface area contributed by atoms with Gasteiger partial charge in [0.2, 0.25) is 0 Å². The molecule has 12 heteroatoms. The Kier molecular flexibility index (Phi) is 8.60. The predicted molar refractivity (Wildman–Crippen MR) is 122 cm³/mol. The molecule has 2 aliphatic rings. The maximum atomic E-state index is 12.9. The maximum Gasteiger partial charge on any atom is 0.409 e. The summed E-state index contributed by atoms with van der Waals surface area (Å²) in [4.78, 5) is 28.3. The number of morpholine rings is 1. The van der Waals surface area contributed by atoms with Crippen LogP contribution in [0.15, 0.2) is 35.7 Å². The average Bonchev–Trinajstić information content (AvgIpc) is 2.83. The molecule has 1 spiro atoms. The molecule has 2 aliphatic heterocycles. The molecule has 0 bridgehead atoms. The van der Waals surface area contributed by atoms with Gasteiger partial charge in [0.1, 0.15) is 23.3 Å². The van der Waals surface area contributed by atoms with Crippen LogP contribution in [0.4, 0.5) is 22.8 Å². The normalized spacial score (nSPS) is 19.8. The third kappa shape index (κ3) is 6.62. The van der Waals surface area contributed by atoms with E-state index in [0.29, 0.717) is 17.7 Å². The predicted octanol–water partition coefficient (Wildman–Crippen LogP) is 3.42. The smallest absolute Gasteiger partial charge is 0.409 e. The molecule has 1 N–H and O–H groups in total. The fourth-order valence-electron chi connectivity index (χ4n) is 3.99. The van der Waals surface area contributed by atoms with Gasteiger partial charge in [-0.2, -0.15) is 13.2 Å². The van der Waals surface area contributed by atoms with Crippen molar-refractivity contribution in [1.82, 2.24) is 9.80 Å². The van der Waals surface area contributed by atoms with Crippen molar-refractivity contribution in [3.05, 3.63) is 36.4 Å². The first-order valence-electron chi connectivity index (χ1n) is 11.2. The Labute approximate surface area is 204 Å². The van der Waals surface area contributed by atoms with E-state index in [4.69, 9.17) is 14.6 Å². The number of hydrogen-bond donors (Lipinski definition) is 1. The van der Waals surface area contributed by atoms with Gasteiger partial charge >= 0.3 is 17.5 Å². The third-order valence-electron chi connectivity index (χ3n) is 6.25. The first-order valence-corrected chi connectivity index (χ1v) is 12.3. The summed E-state index contributed by atoms with van der Waals surface area (Å²) in [5, 5.41) is 8.34. The number of benzene rings is 1. The second-order valence-electron chi connectivity index (χ2n) is 8.78. The standard InChI is InChI=1S/C23H29F3N2O6S/c1-16(2)17-3-5-19(6-4-17)35(32)21(31)28-11-12-34-22(15-28)7-9-27(10-8-22)20(30)33-14-18(13-29)23(24,25)26/h3-6,18,29H,1,7-15H2,2H3/t18-,35?/m0/s1. The number of nitrogens with zero attached hydrogens (tertiary/aromatic N) is 2. The van der Waals surface area contributed by atoms with Crippen molar-refractivity contribution in [2.24, 2.45) is 5.92 Å². The average molecular weight is 519 g/mol. The minimum atomic E-state index is -4.67. The van der Waals surface area contributed by atoms with Crippen LogP contribution in [0.25, 0.3) is 5.57 Å². The summed E-state index contributed by atoms with van der Waals surface area (Å²) in [7, 11) is -1.89. The highest BCUT2D eigenvalue weighted by Gasteiger charge is 2.44. The zero-order valence-corrected chi connectivity index (χ0v) is 20.2. The van der Waals surface area contributed by atoms with Crippen molar-refractivity contribution in [2.75, 3.05) is 46.0 Å². The topological polar surface area (TPSA) is 96.4 Å². The van der Waals surface area contributed by atoms with Gasteiger partial charge < -0.3 is 24.4 Å². The molecule has 2 saturated heterocycles. The Balaban J connectivity index is 1.55. The van der Waals surface area contributed by atoms with Crippen LogP contribution in [0.5, 0.6) is 0 Å². The molecule has 0 aromatic heterocycles. The monoisotopic (exact) mass is 518 g/mol. The van der Waals surface area contributed by atoms with E-state index < -0.39 is 53.0 Å². The fraction of sp³-hybridized carbons (Fsp3) is 0.565. The molecule has 2 fully saturated rings. The molecule has 2 amide bonds. The maximum absolute atomic E-state index is 12.9. The summed E-state index contributed by atoms with van der Waals surface area (Å²) in [6, 6.07) is 6.79. The van der Waals surface area contributed by atoms with Crippen molar-refractivity contribution in [2.45, 2.75) is 36.4 Å². The molecular formula is C23H29F3N2O6S. The first-order chi connectivity index (χ1) is 16.5. The Hall–Kier alpha value is -2.44. The number of rotatable bonds is 5. The third-order valence-corrected chi connectivity index (χ3v) is 7.53. The summed E-state index contributed by atoms with van der Waals surface area (Å²) in [6.45, 7) is 4.63. The Morgan fingerprint density at radius 3 is 2.37 bits per heavy atom. The van der Waals surface area contributed by atoms with Crippen LogP contribution < -0.4 is 0 Å². The second-order valence-corrected chi connectivity index (χ2v) is 10.1. The fourth-order valence-corrected chi connectivity index (χ4v) is 4.97. The van der Waals surface area contributed by atoms with Crippen molar-refractivity contribution in [3.63, 3.8) is 0 Å². The van der Waals surface area contributed by atoms with Crippen LogP contribution in [-0.4, -0.2) is 88.2 Å². The molecule has 1 aromatic carbocycles. The summed E-state index contributed by atoms with van der Waals surface area (Å²) in [5.41, 5.74) is 1.00. The van der Waals surface area contributed by atoms with Gasteiger partial charge in [-0.15, -0.1) is 0 Å². The highest BCUT2D eigenvalue weighted by atomic mass is 32.2. The lowest BCUT2D eigenvalue weighted by Gasteiger charge is -2.46. The lowest BCUT2D eigenvalue weighted by atomic mass is 9.89. The molecule has 0 radical (unpaired) electrons. The lowest BCUT2D eigenvalue weighted by Crippen LogP contribution is -2.58. The van der Waals surface area contributed by atoms with Crippen LogP contribution in [0, 0.1) is 5.92 Å². The number of ether oxygens (including phenoxy) is 2. The van der Waals surface area contributed by atoms with Gasteiger partial charge in [-0.3, -0.25) is 4.79 Å². The number of piperidine rings is 1. The lowest BCUT2D eigenvalue weighted by molar-refractivity contribution is -0.193. The van der Waals surface area contributed by atoms with E-state index in [0.717, 1.165) is 11.1 Å². The number of halogens is 3. The molecule has 0 aliphatic carbocycles. The molecule has 2 heterocycles. The molecule has 1 unspecified atom stereocenters. The molecular weight excluding hydrogens is 489 g/mol. The van der Waals surface area contributed by atoms with Gasteiger partial charge in [0.05, 0.1) is 25.4 Å². The number of alkyl halides is 3. The summed E-state index contributed by atoms with van der Waals surface area (Å²) in [6.07, 6.45) is -4.88. The minimum absolute atomic E-state index is 0.169. The SMILES string of the molecule is C=C(C)c1ccc(S(=O)C(=O)N2CCOC3(CCN(C(=O)OC[C@H](CO)C(F)(F)F)CC3)C2)cc1. The Morgan fingerprint density at radius 1 is 1.20 bits per heavy atom. The van der Waals surface area contributed by atoms with Gasteiger partial charge in [0.15, 0.2) is 0 Å². The second kappa shape index (κ2) is 11.1. The van der Waals surface area contributed by atoms with Crippen molar-refractivity contribution in [1.29, 1.82) is 0 Å². The number of carbonyl (C=O) groups excluding carboxylic acids is 2. The van der Waals surface area contributed by atoms with Crippen LogP contribution in [-0.2, 0) is 20.3 Å². The highest BCUT2D eigenvalue weighted by molar-refractivity contribution is 8.00. The number of allylic oxidation sites excluding steroid dienone is 1. The van der Waals surface area contributed by atoms with Gasteiger partial charge in [-0.25, -0.2) is 9.00 Å². The van der Waals surface area contributed by atoms with Gasteiger partial charge in [-0.1, -0.05) is 24.3 Å². The number of carbonyl (C=O) groups is 2.